The molecule has 0 bridgehead atoms. The summed E-state index contributed by atoms with van der Waals surface area (Å²) in [6, 6.07) is 11.8. The maximum atomic E-state index is 13.7. The largest absolute Gasteiger partial charge is 0.461 e. The minimum absolute atomic E-state index is 0.157. The number of piperidine rings is 1. The average molecular weight is 625 g/mol. The lowest BCUT2D eigenvalue weighted by atomic mass is 10.0. The van der Waals surface area contributed by atoms with Gasteiger partial charge in [-0.15, -0.1) is 0 Å². The Morgan fingerprint density at radius 1 is 0.956 bits per heavy atom. The van der Waals surface area contributed by atoms with Crippen molar-refractivity contribution in [2.24, 2.45) is 0 Å². The van der Waals surface area contributed by atoms with E-state index in [9.17, 15) is 24.0 Å². The quantitative estimate of drug-likeness (QED) is 0.139. The maximum absolute atomic E-state index is 13.7. The molecule has 1 heterocycles. The first-order valence-electron chi connectivity index (χ1n) is 14.8. The Balaban J connectivity index is 1.68. The van der Waals surface area contributed by atoms with Crippen molar-refractivity contribution in [3.8, 4) is 5.75 Å². The first kappa shape index (κ1) is 34.7. The third kappa shape index (κ3) is 11.3. The normalized spacial score (nSPS) is 13.8. The highest BCUT2D eigenvalue weighted by Crippen LogP contribution is 2.18. The molecule has 13 heteroatoms. The number of ether oxygens (including phenoxy) is 4. The molecule has 0 spiro atoms. The molecule has 0 aromatic heterocycles. The van der Waals surface area contributed by atoms with Crippen LogP contribution in [0, 0.1) is 5.41 Å². The van der Waals surface area contributed by atoms with Crippen LogP contribution in [0.5, 0.6) is 5.75 Å². The summed E-state index contributed by atoms with van der Waals surface area (Å²) in [5, 5.41) is 13.2. The van der Waals surface area contributed by atoms with E-state index in [4.69, 9.17) is 24.4 Å². The third-order valence-corrected chi connectivity index (χ3v) is 6.72. The Kier molecular flexibility index (Phi) is 13.0. The lowest BCUT2D eigenvalue weighted by Gasteiger charge is -2.34. The summed E-state index contributed by atoms with van der Waals surface area (Å²) >= 11 is 0. The predicted octanol–water partition coefficient (Wildman–Crippen LogP) is 2.98. The van der Waals surface area contributed by atoms with Gasteiger partial charge in [-0.05, 0) is 63.4 Å². The van der Waals surface area contributed by atoms with Crippen molar-refractivity contribution in [2.45, 2.75) is 65.2 Å². The fourth-order valence-corrected chi connectivity index (χ4v) is 4.61. The van der Waals surface area contributed by atoms with Crippen molar-refractivity contribution in [3.63, 3.8) is 0 Å². The van der Waals surface area contributed by atoms with Gasteiger partial charge in [0.1, 0.15) is 24.2 Å². The fraction of sp³-hybridized carbons (Fsp3) is 0.438. The second-order valence-corrected chi connectivity index (χ2v) is 10.6. The Morgan fingerprint density at radius 3 is 2.16 bits per heavy atom. The molecule has 0 radical (unpaired) electrons. The second kappa shape index (κ2) is 16.9. The Hall–Kier alpha value is -4.78. The van der Waals surface area contributed by atoms with E-state index in [0.29, 0.717) is 37.2 Å². The molecule has 0 unspecified atom stereocenters. The zero-order valence-electron chi connectivity index (χ0n) is 25.9. The molecular formula is C32H40N4O9. The summed E-state index contributed by atoms with van der Waals surface area (Å²) in [6.45, 7) is 7.24. The van der Waals surface area contributed by atoms with E-state index < -0.39 is 30.0 Å². The third-order valence-electron chi connectivity index (χ3n) is 6.72. The number of hydrogen-bond acceptors (Lipinski definition) is 10. The molecule has 2 aromatic carbocycles. The maximum Gasteiger partial charge on any atom is 0.412 e. The van der Waals surface area contributed by atoms with Crippen LogP contribution in [0.1, 0.15) is 62.0 Å². The van der Waals surface area contributed by atoms with E-state index in [1.807, 2.05) is 0 Å². The number of alkyl carbamates (subject to hydrolysis) is 1. The molecule has 3 amide bonds. The van der Waals surface area contributed by atoms with Crippen LogP contribution >= 0.6 is 0 Å². The van der Waals surface area contributed by atoms with E-state index in [1.54, 1.807) is 49.9 Å². The Morgan fingerprint density at radius 2 is 1.58 bits per heavy atom. The van der Waals surface area contributed by atoms with Gasteiger partial charge < -0.3 is 29.2 Å². The van der Waals surface area contributed by atoms with Crippen LogP contribution in [0.25, 0.3) is 0 Å². The average Bonchev–Trinajstić information content (AvgIpc) is 3.00. The molecule has 3 N–H and O–H groups in total. The van der Waals surface area contributed by atoms with Gasteiger partial charge in [-0.25, -0.2) is 9.59 Å². The van der Waals surface area contributed by atoms with Gasteiger partial charge in [-0.3, -0.25) is 25.1 Å². The SMILES string of the molecule is CCOC(=O)NC(=N)c1ccc(C(=O)N[C@@H](Cc2ccc(OC(C)=O)cc2)C(=O)N2CCC(OCC(=O)OC(C)C)CC2)cc1. The number of carbonyl (C=O) groups is 5. The molecule has 1 aliphatic rings. The van der Waals surface area contributed by atoms with Crippen molar-refractivity contribution in [2.75, 3.05) is 26.3 Å². The van der Waals surface area contributed by atoms with Crippen molar-refractivity contribution < 1.29 is 42.9 Å². The highest BCUT2D eigenvalue weighted by Gasteiger charge is 2.30. The molecule has 3 rings (SSSR count). The van der Waals surface area contributed by atoms with Gasteiger partial charge in [0.05, 0.1) is 18.8 Å². The fourth-order valence-electron chi connectivity index (χ4n) is 4.61. The minimum atomic E-state index is -0.918. The molecule has 242 valence electrons. The summed E-state index contributed by atoms with van der Waals surface area (Å²) in [4.78, 5) is 63.4. The van der Waals surface area contributed by atoms with Gasteiger partial charge in [0.25, 0.3) is 5.91 Å². The van der Waals surface area contributed by atoms with Gasteiger partial charge in [-0.1, -0.05) is 24.3 Å². The predicted molar refractivity (Wildman–Crippen MR) is 163 cm³/mol. The minimum Gasteiger partial charge on any atom is -0.461 e. The highest BCUT2D eigenvalue weighted by molar-refractivity contribution is 6.05. The summed E-state index contributed by atoms with van der Waals surface area (Å²) in [7, 11) is 0. The van der Waals surface area contributed by atoms with Gasteiger partial charge in [0, 0.05) is 37.6 Å². The van der Waals surface area contributed by atoms with E-state index in [-0.39, 0.29) is 49.1 Å². The number of esters is 2. The number of nitrogens with zero attached hydrogens (tertiary/aromatic N) is 1. The molecule has 1 atom stereocenters. The molecular weight excluding hydrogens is 584 g/mol. The summed E-state index contributed by atoms with van der Waals surface area (Å²) in [5.41, 5.74) is 1.36. The van der Waals surface area contributed by atoms with Crippen LogP contribution in [0.15, 0.2) is 48.5 Å². The van der Waals surface area contributed by atoms with Crippen LogP contribution in [0.4, 0.5) is 4.79 Å². The number of carbonyl (C=O) groups excluding carboxylic acids is 5. The van der Waals surface area contributed by atoms with Crippen molar-refractivity contribution in [3.05, 3.63) is 65.2 Å². The second-order valence-electron chi connectivity index (χ2n) is 10.6. The summed E-state index contributed by atoms with van der Waals surface area (Å²) in [5.74, 6) is -1.49. The van der Waals surface area contributed by atoms with Gasteiger partial charge >= 0.3 is 18.0 Å². The number of benzene rings is 2. The molecule has 1 fully saturated rings. The van der Waals surface area contributed by atoms with E-state index in [1.165, 1.54) is 31.2 Å². The zero-order chi connectivity index (χ0) is 32.9. The monoisotopic (exact) mass is 624 g/mol. The Labute approximate surface area is 262 Å². The van der Waals surface area contributed by atoms with Crippen LogP contribution in [0.3, 0.4) is 0 Å². The number of likely N-dealkylation sites (tertiary alicyclic amines) is 1. The smallest absolute Gasteiger partial charge is 0.412 e. The topological polar surface area (TPSA) is 173 Å². The summed E-state index contributed by atoms with van der Waals surface area (Å²) < 4.78 is 20.7. The number of hydrogen-bond donors (Lipinski definition) is 3. The lowest BCUT2D eigenvalue weighted by Crippen LogP contribution is -2.52. The molecule has 45 heavy (non-hydrogen) atoms. The number of amidine groups is 1. The zero-order valence-corrected chi connectivity index (χ0v) is 25.9. The van der Waals surface area contributed by atoms with Crippen molar-refractivity contribution >= 4 is 35.7 Å². The van der Waals surface area contributed by atoms with E-state index in [0.717, 1.165) is 5.56 Å². The first-order chi connectivity index (χ1) is 21.4. The van der Waals surface area contributed by atoms with Crippen LogP contribution in [-0.4, -0.2) is 85.1 Å². The number of rotatable bonds is 12. The standard InChI is InChI=1S/C32H40N4O9/c1-5-42-32(41)35-29(33)23-8-10-24(11-9-23)30(39)34-27(18-22-6-12-26(13-7-22)45-21(4)37)31(40)36-16-14-25(15-17-36)43-19-28(38)44-20(2)3/h6-13,20,25,27H,5,14-19H2,1-4H3,(H,34,39)(H2,33,35,41)/t27-/m0/s1. The molecule has 1 aliphatic heterocycles. The highest BCUT2D eigenvalue weighted by atomic mass is 16.6. The first-order valence-corrected chi connectivity index (χ1v) is 14.8. The molecule has 1 saturated heterocycles. The molecule has 0 aliphatic carbocycles. The molecule has 0 saturated carbocycles. The number of nitrogens with one attached hydrogen (secondary N) is 3. The number of amides is 3. The Bertz CT molecular complexity index is 1350. The van der Waals surface area contributed by atoms with E-state index >= 15 is 0 Å². The van der Waals surface area contributed by atoms with Crippen molar-refractivity contribution in [1.82, 2.24) is 15.5 Å². The molecule has 2 aromatic rings. The van der Waals surface area contributed by atoms with Crippen molar-refractivity contribution in [1.29, 1.82) is 5.41 Å². The summed E-state index contributed by atoms with van der Waals surface area (Å²) in [6.07, 6.45) is 0.0266. The van der Waals surface area contributed by atoms with Crippen LogP contribution < -0.4 is 15.4 Å². The molecule has 13 nitrogen and oxygen atoms in total. The lowest BCUT2D eigenvalue weighted by molar-refractivity contribution is -0.156. The van der Waals surface area contributed by atoms with Gasteiger partial charge in [0.15, 0.2) is 0 Å². The van der Waals surface area contributed by atoms with Crippen LogP contribution in [0.2, 0.25) is 0 Å². The van der Waals surface area contributed by atoms with Gasteiger partial charge in [0.2, 0.25) is 5.91 Å². The van der Waals surface area contributed by atoms with Crippen LogP contribution in [-0.2, 0) is 35.0 Å². The van der Waals surface area contributed by atoms with Gasteiger partial charge in [-0.2, -0.15) is 0 Å². The van der Waals surface area contributed by atoms with E-state index in [2.05, 4.69) is 10.6 Å².